The van der Waals surface area contributed by atoms with Gasteiger partial charge in [0.15, 0.2) is 0 Å². The highest BCUT2D eigenvalue weighted by Crippen LogP contribution is 2.26. The topological polar surface area (TPSA) is 122 Å². The van der Waals surface area contributed by atoms with Crippen LogP contribution in [0.3, 0.4) is 0 Å². The van der Waals surface area contributed by atoms with Gasteiger partial charge in [0.1, 0.15) is 23.9 Å². The van der Waals surface area contributed by atoms with Crippen LogP contribution in [-0.4, -0.2) is 74.7 Å². The van der Waals surface area contributed by atoms with Crippen LogP contribution in [0.2, 0.25) is 18.1 Å². The van der Waals surface area contributed by atoms with Crippen LogP contribution < -0.4 is 15.8 Å². The highest BCUT2D eigenvalue weighted by atomic mass is 28.3. The van der Waals surface area contributed by atoms with E-state index in [4.69, 9.17) is 4.74 Å². The van der Waals surface area contributed by atoms with Crippen molar-refractivity contribution in [3.8, 4) is 0 Å². The number of carbonyl (C=O) groups excluding carboxylic acids is 5. The first kappa shape index (κ1) is 53.3. The molecule has 0 saturated carbocycles. The van der Waals surface area contributed by atoms with E-state index in [9.17, 15) is 24.0 Å². The first-order chi connectivity index (χ1) is 28.7. The summed E-state index contributed by atoms with van der Waals surface area (Å²) in [5, 5.41) is 7.36. The Kier molecular flexibility index (Phi) is 22.7. The number of nitrogens with one attached hydrogen (secondary N) is 2. The van der Waals surface area contributed by atoms with Gasteiger partial charge in [0.25, 0.3) is 0 Å². The van der Waals surface area contributed by atoms with Crippen LogP contribution in [0, 0.1) is 42.4 Å². The molecule has 0 aliphatic carbocycles. The Balaban J connectivity index is 2.26. The lowest BCUT2D eigenvalue weighted by molar-refractivity contribution is -0.147. The van der Waals surface area contributed by atoms with E-state index in [-0.39, 0.29) is 48.2 Å². The van der Waals surface area contributed by atoms with Crippen LogP contribution in [0.15, 0.2) is 48.5 Å². The number of aryl methyl sites for hydroxylation is 2. The zero-order chi connectivity index (χ0) is 46.0. The average Bonchev–Trinajstić information content (AvgIpc) is 3.21. The molecule has 3 amide bonds. The molecule has 5 atom stereocenters. The molecule has 0 aliphatic heterocycles. The Hall–Kier alpha value is -3.79. The van der Waals surface area contributed by atoms with Gasteiger partial charge >= 0.3 is 5.97 Å². The van der Waals surface area contributed by atoms with E-state index in [1.165, 1.54) is 47.2 Å². The fourth-order valence-electron chi connectivity index (χ4n) is 8.72. The van der Waals surface area contributed by atoms with Crippen LogP contribution in [0.5, 0.6) is 0 Å². The summed E-state index contributed by atoms with van der Waals surface area (Å²) in [7, 11) is 1.16. The largest absolute Gasteiger partial charge is 0.467 e. The quantitative estimate of drug-likeness (QED) is 0.0525. The molecule has 61 heavy (non-hydrogen) atoms. The number of nitrogens with zero attached hydrogens (tertiary/aromatic N) is 1. The normalized spacial score (nSPS) is 14.4. The Labute approximate surface area is 371 Å². The van der Waals surface area contributed by atoms with Crippen molar-refractivity contribution in [2.45, 2.75) is 171 Å². The lowest BCUT2D eigenvalue weighted by atomic mass is 9.85. The van der Waals surface area contributed by atoms with Crippen LogP contribution in [0.4, 0.5) is 0 Å². The summed E-state index contributed by atoms with van der Waals surface area (Å²) in [6.07, 6.45) is 5.44. The number of esters is 1. The highest BCUT2D eigenvalue weighted by Gasteiger charge is 2.37. The molecule has 0 aromatic heterocycles. The third-order valence-corrected chi connectivity index (χ3v) is 18.2. The molecule has 0 saturated heterocycles. The number of hydrogen-bond donors (Lipinski definition) is 2. The first-order valence-corrected chi connectivity index (χ1v) is 25.9. The monoisotopic (exact) mass is 862 g/mol. The van der Waals surface area contributed by atoms with Crippen LogP contribution in [0.1, 0.15) is 131 Å². The van der Waals surface area contributed by atoms with E-state index in [1.54, 1.807) is 7.05 Å². The number of unbranched alkanes of at least 4 members (excludes halogenated alkanes) is 1. The van der Waals surface area contributed by atoms with Gasteiger partial charge in [-0.1, -0.05) is 160 Å². The second kappa shape index (κ2) is 26.0. The van der Waals surface area contributed by atoms with Gasteiger partial charge in [-0.15, -0.1) is 0 Å². The lowest BCUT2D eigenvalue weighted by Gasteiger charge is -2.34. The molecule has 0 unspecified atom stereocenters. The molecule has 0 fully saturated rings. The molecule has 2 aromatic carbocycles. The number of Topliss-reactive ketones (excluding diaryl/α,β-unsaturated/α-hetero) is 1. The maximum Gasteiger partial charge on any atom is 0.328 e. The number of ketones is 1. The molecule has 2 N–H and O–H groups in total. The van der Waals surface area contributed by atoms with Crippen molar-refractivity contribution in [1.82, 2.24) is 15.5 Å². The second-order valence-corrected chi connectivity index (χ2v) is 24.6. The minimum absolute atomic E-state index is 0.0423. The van der Waals surface area contributed by atoms with Gasteiger partial charge in [-0.25, -0.2) is 4.79 Å². The predicted molar refractivity (Wildman–Crippen MR) is 253 cm³/mol. The lowest BCUT2D eigenvalue weighted by Crippen LogP contribution is -2.58. The van der Waals surface area contributed by atoms with Gasteiger partial charge in [-0.05, 0) is 73.8 Å². The van der Waals surface area contributed by atoms with E-state index >= 15 is 0 Å². The van der Waals surface area contributed by atoms with Crippen molar-refractivity contribution in [2.75, 3.05) is 14.2 Å². The third kappa shape index (κ3) is 17.1. The van der Waals surface area contributed by atoms with Gasteiger partial charge < -0.3 is 20.3 Å². The number of ether oxygens (including phenoxy) is 1. The average molecular weight is 862 g/mol. The van der Waals surface area contributed by atoms with Crippen molar-refractivity contribution in [1.29, 1.82) is 0 Å². The zero-order valence-electron chi connectivity index (χ0n) is 40.5. The van der Waals surface area contributed by atoms with Crippen molar-refractivity contribution >= 4 is 42.7 Å². The molecular weight excluding hydrogens is 779 g/mol. The minimum atomic E-state index is -1.74. The number of carbonyl (C=O) groups is 5. The van der Waals surface area contributed by atoms with Crippen molar-refractivity contribution < 1.29 is 28.7 Å². The fraction of sp³-hybridized carbons (Fsp3) is 0.667. The molecule has 0 radical (unpaired) electrons. The second-order valence-electron chi connectivity index (χ2n) is 19.5. The summed E-state index contributed by atoms with van der Waals surface area (Å²) in [5.41, 5.74) is 3.59. The van der Waals surface area contributed by atoms with Crippen LogP contribution in [0.25, 0.3) is 0 Å². The predicted octanol–water partition coefficient (Wildman–Crippen LogP) is 9.23. The number of likely N-dealkylation sites (N-methyl/N-ethyl adjacent to an activating group) is 1. The number of amides is 3. The minimum Gasteiger partial charge on any atom is -0.467 e. The zero-order valence-corrected chi connectivity index (χ0v) is 41.5. The third-order valence-electron chi connectivity index (χ3n) is 12.6. The van der Waals surface area contributed by atoms with E-state index < -0.39 is 49.9 Å². The van der Waals surface area contributed by atoms with Crippen LogP contribution >= 0.6 is 0 Å². The van der Waals surface area contributed by atoms with Crippen molar-refractivity contribution in [3.63, 3.8) is 0 Å². The molecule has 2 aromatic rings. The number of methoxy groups -OCH3 is 1. The smallest absolute Gasteiger partial charge is 0.328 e. The summed E-state index contributed by atoms with van der Waals surface area (Å²) in [6.45, 7) is 24.6. The summed E-state index contributed by atoms with van der Waals surface area (Å²) in [4.78, 5) is 70.3. The SMILES string of the molecule is CC[Si](CC)(CCCCc1ccc(C)cc1)c1ccc(C[C@H](NC(=O)[C@H](CC(C)C)N(C)C(=O)[C@@H](NC(=O)[C@@H](CC(=O)[C@@H](C)CC(C)C)CC(C)C)C(C)C)C(=O)OC)cc1. The summed E-state index contributed by atoms with van der Waals surface area (Å²) >= 11 is 0. The number of hydrogen-bond acceptors (Lipinski definition) is 6. The summed E-state index contributed by atoms with van der Waals surface area (Å²) in [6, 6.07) is 18.2. The summed E-state index contributed by atoms with van der Waals surface area (Å²) < 4.78 is 5.18. The van der Waals surface area contributed by atoms with E-state index in [1.807, 2.05) is 48.5 Å². The highest BCUT2D eigenvalue weighted by molar-refractivity contribution is 6.91. The maximum absolute atomic E-state index is 14.3. The van der Waals surface area contributed by atoms with Crippen molar-refractivity contribution in [2.24, 2.45) is 35.5 Å². The molecule has 9 nitrogen and oxygen atoms in total. The van der Waals surface area contributed by atoms with E-state index in [0.717, 1.165) is 30.5 Å². The van der Waals surface area contributed by atoms with E-state index in [0.29, 0.717) is 18.8 Å². The van der Waals surface area contributed by atoms with Crippen LogP contribution in [-0.2, 0) is 41.6 Å². The van der Waals surface area contributed by atoms with E-state index in [2.05, 4.69) is 93.8 Å². The summed E-state index contributed by atoms with van der Waals surface area (Å²) in [5.74, 6) is -2.11. The van der Waals surface area contributed by atoms with Crippen molar-refractivity contribution in [3.05, 3.63) is 65.2 Å². The molecule has 0 heterocycles. The molecule has 0 aliphatic rings. The van der Waals surface area contributed by atoms with Gasteiger partial charge in [-0.3, -0.25) is 19.2 Å². The van der Waals surface area contributed by atoms with Gasteiger partial charge in [0.05, 0.1) is 15.2 Å². The molecular formula is C51H83N3O6Si. The Morgan fingerprint density at radius 2 is 1.26 bits per heavy atom. The molecule has 0 bridgehead atoms. The molecule has 342 valence electrons. The molecule has 2 rings (SSSR count). The first-order valence-electron chi connectivity index (χ1n) is 23.3. The van der Waals surface area contributed by atoms with Gasteiger partial charge in [-0.2, -0.15) is 0 Å². The Morgan fingerprint density at radius 1 is 0.705 bits per heavy atom. The Bertz CT molecular complexity index is 1670. The molecule has 0 spiro atoms. The van der Waals surface area contributed by atoms with Gasteiger partial charge in [0.2, 0.25) is 17.7 Å². The number of benzene rings is 2. The standard InChI is InChI=1S/C51H83N3O6Si/c1-15-61(16-2,28-18-17-19-40-22-20-38(11)21-23-40)43-26-24-41(25-27-43)32-44(51(59)60-14)52-49(57)45(31-36(7)8)54(13)50(58)47(37(9)10)53-48(56)42(30-35(5)6)33-46(55)39(12)29-34(3)4/h20-27,34-37,39,42,44-45,47H,15-19,28-33H2,1-14H3,(H,52,57)(H,53,56)/t39-,42+,44-,45-,47-/m0/s1. The Morgan fingerprint density at radius 3 is 1.77 bits per heavy atom. The molecule has 10 heteroatoms. The maximum atomic E-state index is 14.3. The fourth-order valence-corrected chi connectivity index (χ4v) is 12.8. The number of rotatable bonds is 27. The van der Waals surface area contributed by atoms with Gasteiger partial charge in [0, 0.05) is 31.7 Å².